The van der Waals surface area contributed by atoms with Crippen LogP contribution in [0.15, 0.2) is 66.5 Å². The van der Waals surface area contributed by atoms with Crippen LogP contribution >= 0.6 is 0 Å². The summed E-state index contributed by atoms with van der Waals surface area (Å²) in [5, 5.41) is 2.97. The molecule has 0 aliphatic carbocycles. The Morgan fingerprint density at radius 1 is 1.07 bits per heavy atom. The topological polar surface area (TPSA) is 71.5 Å². The van der Waals surface area contributed by atoms with Gasteiger partial charge < -0.3 is 4.74 Å². The molecule has 2 amide bonds. The van der Waals surface area contributed by atoms with E-state index in [4.69, 9.17) is 4.74 Å². The molecule has 6 nitrogen and oxygen atoms in total. The lowest BCUT2D eigenvalue weighted by molar-refractivity contribution is -0.117. The minimum absolute atomic E-state index is 0.0798. The van der Waals surface area contributed by atoms with Gasteiger partial charge >= 0.3 is 0 Å². The normalized spacial score (nSPS) is 15.3. The minimum Gasteiger partial charge on any atom is -0.493 e. The number of anilines is 1. The molecule has 2 aromatic carbocycles. The summed E-state index contributed by atoms with van der Waals surface area (Å²) in [4.78, 5) is 29.4. The first kappa shape index (κ1) is 17.7. The lowest BCUT2D eigenvalue weighted by Gasteiger charge is -2.14. The van der Waals surface area contributed by atoms with Gasteiger partial charge in [-0.1, -0.05) is 31.2 Å². The van der Waals surface area contributed by atoms with Gasteiger partial charge in [0.15, 0.2) is 0 Å². The number of amides is 2. The monoisotopic (exact) mass is 373 g/mol. The van der Waals surface area contributed by atoms with Crippen molar-refractivity contribution in [3.8, 4) is 5.75 Å². The number of hydrogen-bond acceptors (Lipinski definition) is 4. The Bertz CT molecular complexity index is 1080. The average Bonchev–Trinajstić information content (AvgIpc) is 3.02. The highest BCUT2D eigenvalue weighted by molar-refractivity contribution is 6.32. The second kappa shape index (κ2) is 7.52. The molecule has 1 aliphatic rings. The summed E-state index contributed by atoms with van der Waals surface area (Å²) < 4.78 is 5.81. The van der Waals surface area contributed by atoms with Crippen molar-refractivity contribution in [1.29, 1.82) is 0 Å². The summed E-state index contributed by atoms with van der Waals surface area (Å²) in [7, 11) is 0. The zero-order valence-electron chi connectivity index (χ0n) is 15.4. The third kappa shape index (κ3) is 3.20. The molecule has 0 radical (unpaired) electrons. The Labute approximate surface area is 162 Å². The van der Waals surface area contributed by atoms with Crippen molar-refractivity contribution >= 4 is 34.4 Å². The number of para-hydroxylation sites is 1. The predicted octanol–water partition coefficient (Wildman–Crippen LogP) is 3.49. The highest BCUT2D eigenvalue weighted by atomic mass is 16.5. The van der Waals surface area contributed by atoms with Crippen LogP contribution in [0.25, 0.3) is 16.8 Å². The number of fused-ring (bicyclic) bond motifs is 1. The van der Waals surface area contributed by atoms with Crippen molar-refractivity contribution in [1.82, 2.24) is 10.4 Å². The molecule has 3 aromatic rings. The molecule has 1 fully saturated rings. The lowest BCUT2D eigenvalue weighted by Crippen LogP contribution is -2.35. The zero-order chi connectivity index (χ0) is 19.5. The maximum atomic E-state index is 12.8. The largest absolute Gasteiger partial charge is 0.493 e. The molecule has 1 saturated heterocycles. The highest BCUT2D eigenvalue weighted by Gasteiger charge is 2.34. The lowest BCUT2D eigenvalue weighted by atomic mass is 10.0. The molecule has 0 atom stereocenters. The predicted molar refractivity (Wildman–Crippen MR) is 108 cm³/mol. The molecule has 0 spiro atoms. The number of rotatable bonds is 5. The molecule has 2 heterocycles. The first-order valence-corrected chi connectivity index (χ1v) is 9.10. The number of carbonyl (C=O) groups excluding carboxylic acids is 2. The molecular formula is C22H19N3O3. The summed E-state index contributed by atoms with van der Waals surface area (Å²) in [6.07, 6.45) is 5.92. The smallest absolute Gasteiger partial charge is 0.282 e. The van der Waals surface area contributed by atoms with Crippen molar-refractivity contribution in [3.63, 3.8) is 0 Å². The number of nitrogens with zero attached hydrogens (tertiary/aromatic N) is 2. The van der Waals surface area contributed by atoms with Crippen LogP contribution in [-0.4, -0.2) is 23.4 Å². The van der Waals surface area contributed by atoms with Gasteiger partial charge in [0.25, 0.3) is 11.8 Å². The van der Waals surface area contributed by atoms with Gasteiger partial charge in [-0.3, -0.25) is 20.0 Å². The van der Waals surface area contributed by atoms with E-state index in [0.29, 0.717) is 12.3 Å². The van der Waals surface area contributed by atoms with E-state index in [2.05, 4.69) is 10.4 Å². The number of carbonyl (C=O) groups is 2. The third-order valence-corrected chi connectivity index (χ3v) is 4.48. The second-order valence-electron chi connectivity index (χ2n) is 6.40. The number of aromatic nitrogens is 1. The van der Waals surface area contributed by atoms with Gasteiger partial charge in [-0.25, -0.2) is 5.01 Å². The van der Waals surface area contributed by atoms with Gasteiger partial charge in [0.05, 0.1) is 12.3 Å². The Morgan fingerprint density at radius 2 is 1.89 bits per heavy atom. The molecule has 6 heteroatoms. The van der Waals surface area contributed by atoms with Gasteiger partial charge in [0.2, 0.25) is 0 Å². The van der Waals surface area contributed by atoms with E-state index < -0.39 is 5.91 Å². The Hall–Kier alpha value is -3.67. The van der Waals surface area contributed by atoms with Crippen LogP contribution in [0.2, 0.25) is 0 Å². The second-order valence-corrected chi connectivity index (χ2v) is 6.40. The van der Waals surface area contributed by atoms with Crippen LogP contribution in [0.5, 0.6) is 5.75 Å². The molecule has 28 heavy (non-hydrogen) atoms. The number of nitrogens with one attached hydrogen (secondary N) is 1. The van der Waals surface area contributed by atoms with Crippen LogP contribution in [0, 0.1) is 0 Å². The molecule has 0 bridgehead atoms. The molecule has 4 rings (SSSR count). The first-order valence-electron chi connectivity index (χ1n) is 9.10. The summed E-state index contributed by atoms with van der Waals surface area (Å²) in [5.74, 6) is -0.0636. The van der Waals surface area contributed by atoms with E-state index in [9.17, 15) is 9.59 Å². The first-order chi connectivity index (χ1) is 13.7. The van der Waals surface area contributed by atoms with Crippen LogP contribution in [-0.2, 0) is 9.59 Å². The number of pyridine rings is 1. The zero-order valence-corrected chi connectivity index (χ0v) is 15.4. The molecule has 0 saturated carbocycles. The molecule has 0 unspecified atom stereocenters. The molecule has 1 aliphatic heterocycles. The highest BCUT2D eigenvalue weighted by Crippen LogP contribution is 2.30. The number of hydrazine groups is 1. The summed E-state index contributed by atoms with van der Waals surface area (Å²) in [5.41, 5.74) is 4.04. The molecular weight excluding hydrogens is 354 g/mol. The van der Waals surface area contributed by atoms with E-state index >= 15 is 0 Å². The fourth-order valence-corrected chi connectivity index (χ4v) is 3.12. The van der Waals surface area contributed by atoms with Crippen LogP contribution in [0.1, 0.15) is 18.9 Å². The Balaban J connectivity index is 1.74. The molecule has 1 aromatic heterocycles. The fraction of sp³-hybridized carbons (Fsp3) is 0.136. The third-order valence-electron chi connectivity index (χ3n) is 4.48. The van der Waals surface area contributed by atoms with Gasteiger partial charge in [0.1, 0.15) is 11.3 Å². The van der Waals surface area contributed by atoms with Gasteiger partial charge in [-0.15, -0.1) is 0 Å². The fourth-order valence-electron chi connectivity index (χ4n) is 3.12. The van der Waals surface area contributed by atoms with Crippen molar-refractivity contribution in [2.24, 2.45) is 0 Å². The van der Waals surface area contributed by atoms with Crippen LogP contribution in [0.4, 0.5) is 5.69 Å². The minimum atomic E-state index is -0.433. The van der Waals surface area contributed by atoms with Crippen LogP contribution < -0.4 is 15.2 Å². The van der Waals surface area contributed by atoms with Crippen molar-refractivity contribution < 1.29 is 14.3 Å². The van der Waals surface area contributed by atoms with E-state index in [1.165, 1.54) is 5.01 Å². The summed E-state index contributed by atoms with van der Waals surface area (Å²) in [6, 6.07) is 14.6. The van der Waals surface area contributed by atoms with Crippen molar-refractivity contribution in [2.45, 2.75) is 13.3 Å². The van der Waals surface area contributed by atoms with E-state index in [1.54, 1.807) is 30.6 Å². The van der Waals surface area contributed by atoms with Gasteiger partial charge in [-0.05, 0) is 42.3 Å². The molecule has 140 valence electrons. The quantitative estimate of drug-likeness (QED) is 0.549. The summed E-state index contributed by atoms with van der Waals surface area (Å²) in [6.45, 7) is 2.66. The SMILES string of the molecule is CCCOc1ccc(/C=C2/C(=O)NN(c3ccccc3)C2=O)c2cnccc12. The standard InChI is InChI=1S/C22H19N3O3/c1-2-12-28-20-9-8-15(19-14-23-11-10-17(19)20)13-18-21(26)24-25(22(18)27)16-6-4-3-5-7-16/h3-11,13-14H,2,12H2,1H3,(H,24,26)/b18-13-. The van der Waals surface area contributed by atoms with E-state index in [1.807, 2.05) is 43.3 Å². The van der Waals surface area contributed by atoms with Crippen LogP contribution in [0.3, 0.4) is 0 Å². The Morgan fingerprint density at radius 3 is 2.68 bits per heavy atom. The average molecular weight is 373 g/mol. The number of ether oxygens (including phenoxy) is 1. The maximum absolute atomic E-state index is 12.8. The van der Waals surface area contributed by atoms with E-state index in [-0.39, 0.29) is 11.5 Å². The van der Waals surface area contributed by atoms with Crippen molar-refractivity contribution in [2.75, 3.05) is 11.6 Å². The maximum Gasteiger partial charge on any atom is 0.282 e. The van der Waals surface area contributed by atoms with E-state index in [0.717, 1.165) is 28.5 Å². The molecule has 1 N–H and O–H groups in total. The summed E-state index contributed by atoms with van der Waals surface area (Å²) >= 11 is 0. The number of benzene rings is 2. The Kier molecular flexibility index (Phi) is 4.76. The van der Waals surface area contributed by atoms with Crippen molar-refractivity contribution in [3.05, 3.63) is 72.1 Å². The van der Waals surface area contributed by atoms with Gasteiger partial charge in [-0.2, -0.15) is 0 Å². The van der Waals surface area contributed by atoms with Gasteiger partial charge in [0, 0.05) is 23.2 Å². The number of hydrogen-bond donors (Lipinski definition) is 1.